The van der Waals surface area contributed by atoms with Crippen molar-refractivity contribution < 1.29 is 40.4 Å². The van der Waals surface area contributed by atoms with Gasteiger partial charge in [-0.05, 0) is 20.2 Å². The van der Waals surface area contributed by atoms with Gasteiger partial charge in [-0.25, -0.2) is 20.3 Å². The summed E-state index contributed by atoms with van der Waals surface area (Å²) in [6, 6.07) is 0. The van der Waals surface area contributed by atoms with Crippen LogP contribution in [0.3, 0.4) is 0 Å². The third kappa shape index (κ3) is 7.68. The van der Waals surface area contributed by atoms with E-state index in [9.17, 15) is 0 Å². The molecule has 2 N–H and O–H groups in total. The predicted molar refractivity (Wildman–Crippen MR) is 21.5 cm³/mol. The molecule has 0 spiro atoms. The Kier molecular flexibility index (Phi) is 8.40. The van der Waals surface area contributed by atoms with Crippen LogP contribution in [0.5, 0.6) is 0 Å². The Morgan fingerprint density at radius 3 is 1.50 bits per heavy atom. The molecule has 0 aromatic heterocycles. The van der Waals surface area contributed by atoms with Crippen LogP contribution in [0.15, 0.2) is 0 Å². The fourth-order valence-corrected chi connectivity index (χ4v) is 0.179. The molecule has 0 heterocycles. The van der Waals surface area contributed by atoms with Gasteiger partial charge in [-0.2, -0.15) is 0 Å². The van der Waals surface area contributed by atoms with Gasteiger partial charge in [0.05, 0.1) is 0 Å². The highest BCUT2D eigenvalue weighted by Gasteiger charge is 1.90. The third-order valence-electron chi connectivity index (χ3n) is 0.407. The van der Waals surface area contributed by atoms with Gasteiger partial charge in [0.1, 0.15) is 13.2 Å². The molecule has 0 saturated heterocycles. The van der Waals surface area contributed by atoms with Crippen molar-refractivity contribution in [2.24, 2.45) is 0 Å². The molecule has 8 heteroatoms. The van der Waals surface area contributed by atoms with Crippen molar-refractivity contribution in [3.8, 4) is 0 Å². The molecular weight excluding hydrogens is 152 g/mol. The smallest absolute Gasteiger partial charge is 0.112 e. The molecule has 0 rings (SSSR count). The van der Waals surface area contributed by atoms with Crippen LogP contribution in [0.25, 0.3) is 0 Å². The maximum absolute atomic E-state index is 7.48. The van der Waals surface area contributed by atoms with E-state index < -0.39 is 0 Å². The maximum Gasteiger partial charge on any atom is 0.112 e. The average Bonchev–Trinajstić information content (AvgIpc) is 1.97. The van der Waals surface area contributed by atoms with Gasteiger partial charge in [-0.15, -0.1) is 0 Å². The second kappa shape index (κ2) is 8.68. The first-order valence-electron chi connectivity index (χ1n) is 2.11. The fraction of sp³-hybridized carbons (Fsp3) is 1.00. The molecule has 10 heavy (non-hydrogen) atoms. The number of hydrogen-bond acceptors (Lipinski definition) is 8. The van der Waals surface area contributed by atoms with Gasteiger partial charge in [0, 0.05) is 0 Å². The minimum absolute atomic E-state index is 0.0794. The molecule has 0 unspecified atom stereocenters. The second-order valence-corrected chi connectivity index (χ2v) is 0.929. The molecule has 0 fully saturated rings. The zero-order chi connectivity index (χ0) is 7.66. The van der Waals surface area contributed by atoms with Gasteiger partial charge in [0.2, 0.25) is 0 Å². The topological polar surface area (TPSA) is 95.8 Å². The first-order valence-corrected chi connectivity index (χ1v) is 2.11. The zero-order valence-electron chi connectivity index (χ0n) is 4.76. The Hall–Kier alpha value is -0.320. The molecule has 0 aliphatic carbocycles. The Bertz CT molecular complexity index is 47.2. The van der Waals surface area contributed by atoms with E-state index in [1.807, 2.05) is 0 Å². The maximum atomic E-state index is 7.48. The minimum Gasteiger partial charge on any atom is -0.219 e. The second-order valence-electron chi connectivity index (χ2n) is 0.929. The summed E-state index contributed by atoms with van der Waals surface area (Å²) in [5.74, 6) is 0. The molecule has 62 valence electrons. The van der Waals surface area contributed by atoms with Crippen molar-refractivity contribution >= 4 is 0 Å². The monoisotopic (exact) mass is 158 g/mol. The van der Waals surface area contributed by atoms with Gasteiger partial charge in [0.25, 0.3) is 0 Å². The Labute approximate surface area is 54.9 Å². The minimum atomic E-state index is -0.0794. The average molecular weight is 158 g/mol. The largest absolute Gasteiger partial charge is 0.219 e. The van der Waals surface area contributed by atoms with Crippen molar-refractivity contribution in [1.82, 2.24) is 0 Å². The molecule has 0 bridgehead atoms. The van der Waals surface area contributed by atoms with E-state index in [1.54, 1.807) is 0 Å². The first-order chi connectivity index (χ1) is 4.91. The standard InChI is InChI=1S/C2H6O8/c3-7-9-5-1-2-6-10-8-4/h3-4H,1-2H2. The van der Waals surface area contributed by atoms with Crippen molar-refractivity contribution in [1.29, 1.82) is 0 Å². The van der Waals surface area contributed by atoms with Crippen molar-refractivity contribution in [2.75, 3.05) is 13.2 Å². The third-order valence-corrected chi connectivity index (χ3v) is 0.407. The highest BCUT2D eigenvalue weighted by molar-refractivity contribution is 4.13. The molecule has 0 saturated carbocycles. The van der Waals surface area contributed by atoms with Gasteiger partial charge < -0.3 is 0 Å². The molecule has 0 atom stereocenters. The summed E-state index contributed by atoms with van der Waals surface area (Å²) in [5.41, 5.74) is 0. The summed E-state index contributed by atoms with van der Waals surface area (Å²) in [4.78, 5) is 8.03. The lowest BCUT2D eigenvalue weighted by molar-refractivity contribution is -0.639. The van der Waals surface area contributed by atoms with Gasteiger partial charge in [0.15, 0.2) is 0 Å². The van der Waals surface area contributed by atoms with E-state index >= 15 is 0 Å². The van der Waals surface area contributed by atoms with Crippen molar-refractivity contribution in [2.45, 2.75) is 0 Å². The van der Waals surface area contributed by atoms with Crippen LogP contribution in [0.4, 0.5) is 0 Å². The van der Waals surface area contributed by atoms with Crippen molar-refractivity contribution in [3.05, 3.63) is 0 Å². The molecular formula is C2H6O8. The SMILES string of the molecule is OOOOCCOOOO. The Morgan fingerprint density at radius 2 is 1.20 bits per heavy atom. The van der Waals surface area contributed by atoms with Crippen LogP contribution in [-0.4, -0.2) is 23.7 Å². The number of rotatable bonds is 7. The van der Waals surface area contributed by atoms with E-state index in [4.69, 9.17) is 10.5 Å². The summed E-state index contributed by atoms with van der Waals surface area (Å²) in [7, 11) is 0. The van der Waals surface area contributed by atoms with E-state index in [0.717, 1.165) is 0 Å². The normalized spacial score (nSPS) is 10.2. The van der Waals surface area contributed by atoms with E-state index in [0.29, 0.717) is 0 Å². The fourth-order valence-electron chi connectivity index (χ4n) is 0.179. The summed E-state index contributed by atoms with van der Waals surface area (Å²) in [6.07, 6.45) is 0. The summed E-state index contributed by atoms with van der Waals surface area (Å²) < 4.78 is 0. The first kappa shape index (κ1) is 9.68. The highest BCUT2D eigenvalue weighted by Crippen LogP contribution is 1.81. The van der Waals surface area contributed by atoms with E-state index in [2.05, 4.69) is 29.9 Å². The Morgan fingerprint density at radius 1 is 0.800 bits per heavy atom. The summed E-state index contributed by atoms with van der Waals surface area (Å²) in [5, 5.41) is 28.1. The molecule has 0 amide bonds. The molecule has 0 aromatic carbocycles. The van der Waals surface area contributed by atoms with Crippen LogP contribution < -0.4 is 0 Å². The zero-order valence-corrected chi connectivity index (χ0v) is 4.76. The van der Waals surface area contributed by atoms with Crippen LogP contribution in [0, 0.1) is 0 Å². The van der Waals surface area contributed by atoms with Gasteiger partial charge >= 0.3 is 0 Å². The molecule has 8 nitrogen and oxygen atoms in total. The van der Waals surface area contributed by atoms with E-state index in [1.165, 1.54) is 0 Å². The molecule has 0 aromatic rings. The molecule has 0 aliphatic rings. The summed E-state index contributed by atoms with van der Waals surface area (Å²) >= 11 is 0. The number of hydrogen-bond donors (Lipinski definition) is 2. The molecule has 0 aliphatic heterocycles. The highest BCUT2D eigenvalue weighted by atomic mass is 17.7. The van der Waals surface area contributed by atoms with Gasteiger partial charge in [-0.3, -0.25) is 0 Å². The quantitative estimate of drug-likeness (QED) is 0.296. The van der Waals surface area contributed by atoms with Crippen LogP contribution in [0.2, 0.25) is 0 Å². The van der Waals surface area contributed by atoms with Crippen LogP contribution in [0.1, 0.15) is 0 Å². The predicted octanol–water partition coefficient (Wildman–Crippen LogP) is -0.308. The van der Waals surface area contributed by atoms with Crippen LogP contribution in [-0.2, 0) is 29.9 Å². The lowest BCUT2D eigenvalue weighted by atomic mass is 10.8. The van der Waals surface area contributed by atoms with Crippen molar-refractivity contribution in [3.63, 3.8) is 0 Å². The summed E-state index contributed by atoms with van der Waals surface area (Å²) in [6.45, 7) is -0.159. The lowest BCUT2D eigenvalue weighted by Gasteiger charge is -1.97. The van der Waals surface area contributed by atoms with E-state index in [-0.39, 0.29) is 13.2 Å². The Balaban J connectivity index is 2.65. The van der Waals surface area contributed by atoms with Crippen LogP contribution >= 0.6 is 0 Å². The lowest BCUT2D eigenvalue weighted by Crippen LogP contribution is -2.04. The van der Waals surface area contributed by atoms with Gasteiger partial charge in [-0.1, -0.05) is 0 Å². The molecule has 0 radical (unpaired) electrons.